The molecule has 0 heterocycles. The fourth-order valence-corrected chi connectivity index (χ4v) is 1.27. The van der Waals surface area contributed by atoms with Gasteiger partial charge in [0.05, 0.1) is 13.5 Å². The van der Waals surface area contributed by atoms with Crippen LogP contribution < -0.4 is 4.74 Å². The number of methoxy groups -OCH3 is 1. The second kappa shape index (κ2) is 5.56. The van der Waals surface area contributed by atoms with Crippen molar-refractivity contribution in [3.63, 3.8) is 0 Å². The van der Waals surface area contributed by atoms with Crippen LogP contribution in [-0.2, 0) is 16.0 Å². The molecule has 82 valence electrons. The van der Waals surface area contributed by atoms with Crippen LogP contribution in [-0.4, -0.2) is 24.5 Å². The lowest BCUT2D eigenvalue weighted by Gasteiger charge is -2.06. The number of aliphatic carboxylic acids is 1. The first-order valence-corrected chi connectivity index (χ1v) is 4.51. The number of hydrogen-bond donors (Lipinski definition) is 1. The van der Waals surface area contributed by atoms with Crippen LogP contribution in [0.15, 0.2) is 18.2 Å². The zero-order valence-corrected chi connectivity index (χ0v) is 8.69. The highest BCUT2D eigenvalue weighted by Gasteiger charge is 2.07. The van der Waals surface area contributed by atoms with Gasteiger partial charge in [-0.2, -0.15) is 0 Å². The van der Waals surface area contributed by atoms with Crippen molar-refractivity contribution in [3.8, 4) is 17.6 Å². The second-order valence-corrected chi connectivity index (χ2v) is 2.98. The summed E-state index contributed by atoms with van der Waals surface area (Å²) in [5, 5.41) is 8.71. The molecule has 0 atom stereocenters. The molecule has 1 aromatic carbocycles. The highest BCUT2D eigenvalue weighted by Crippen LogP contribution is 2.20. The lowest BCUT2D eigenvalue weighted by molar-refractivity contribution is -0.136. The van der Waals surface area contributed by atoms with Crippen molar-refractivity contribution in [1.82, 2.24) is 0 Å². The summed E-state index contributed by atoms with van der Waals surface area (Å²) in [7, 11) is 1.47. The van der Waals surface area contributed by atoms with Gasteiger partial charge in [-0.3, -0.25) is 9.59 Å². The third kappa shape index (κ3) is 3.14. The van der Waals surface area contributed by atoms with E-state index in [1.54, 1.807) is 18.2 Å². The minimum absolute atomic E-state index is 0.139. The average Bonchev–Trinajstić information content (AvgIpc) is 2.26. The molecule has 16 heavy (non-hydrogen) atoms. The minimum Gasteiger partial charge on any atom is -0.496 e. The molecule has 0 amide bonds. The number of carbonyl (C=O) groups is 2. The first-order chi connectivity index (χ1) is 7.67. The second-order valence-electron chi connectivity index (χ2n) is 2.98. The van der Waals surface area contributed by atoms with Gasteiger partial charge in [-0.15, -0.1) is 0 Å². The smallest absolute Gasteiger partial charge is 0.307 e. The summed E-state index contributed by atoms with van der Waals surface area (Å²) in [6, 6.07) is 4.90. The predicted octanol–water partition coefficient (Wildman–Crippen LogP) is 0.873. The number of rotatable bonds is 3. The van der Waals surface area contributed by atoms with Gasteiger partial charge in [0, 0.05) is 11.1 Å². The van der Waals surface area contributed by atoms with Crippen molar-refractivity contribution in [3.05, 3.63) is 29.3 Å². The first kappa shape index (κ1) is 11.8. The van der Waals surface area contributed by atoms with Crippen LogP contribution in [0.5, 0.6) is 5.75 Å². The molecule has 0 unspecified atom stereocenters. The van der Waals surface area contributed by atoms with Crippen LogP contribution in [0.2, 0.25) is 0 Å². The summed E-state index contributed by atoms with van der Waals surface area (Å²) in [5.74, 6) is 4.41. The minimum atomic E-state index is -0.946. The van der Waals surface area contributed by atoms with Crippen molar-refractivity contribution in [2.45, 2.75) is 6.42 Å². The number of carbonyl (C=O) groups excluding carboxylic acids is 1. The summed E-state index contributed by atoms with van der Waals surface area (Å²) in [6.07, 6.45) is 0.348. The molecule has 0 spiro atoms. The molecule has 0 aliphatic carbocycles. The maximum absolute atomic E-state index is 10.6. The summed E-state index contributed by atoms with van der Waals surface area (Å²) in [5.41, 5.74) is 1.12. The zero-order valence-electron chi connectivity index (χ0n) is 8.69. The Morgan fingerprint density at radius 3 is 2.88 bits per heavy atom. The van der Waals surface area contributed by atoms with Gasteiger partial charge in [0.25, 0.3) is 0 Å². The molecule has 1 rings (SSSR count). The van der Waals surface area contributed by atoms with E-state index in [2.05, 4.69) is 11.8 Å². The predicted molar refractivity (Wildman–Crippen MR) is 57.3 cm³/mol. The van der Waals surface area contributed by atoms with Gasteiger partial charge in [-0.25, -0.2) is 0 Å². The monoisotopic (exact) mass is 218 g/mol. The molecule has 0 aliphatic heterocycles. The largest absolute Gasteiger partial charge is 0.496 e. The van der Waals surface area contributed by atoms with Crippen LogP contribution >= 0.6 is 0 Å². The van der Waals surface area contributed by atoms with E-state index in [0.29, 0.717) is 23.2 Å². The lowest BCUT2D eigenvalue weighted by atomic mass is 10.1. The zero-order chi connectivity index (χ0) is 12.0. The number of aldehydes is 1. The Bertz CT molecular complexity index is 466. The van der Waals surface area contributed by atoms with E-state index in [0.717, 1.165) is 0 Å². The van der Waals surface area contributed by atoms with E-state index in [9.17, 15) is 9.59 Å². The van der Waals surface area contributed by atoms with E-state index < -0.39 is 5.97 Å². The van der Waals surface area contributed by atoms with E-state index in [4.69, 9.17) is 9.84 Å². The van der Waals surface area contributed by atoms with Crippen LogP contribution in [0.1, 0.15) is 11.1 Å². The lowest BCUT2D eigenvalue weighted by Crippen LogP contribution is -2.02. The average molecular weight is 218 g/mol. The van der Waals surface area contributed by atoms with Crippen LogP contribution in [0.4, 0.5) is 0 Å². The van der Waals surface area contributed by atoms with E-state index in [-0.39, 0.29) is 6.42 Å². The van der Waals surface area contributed by atoms with Gasteiger partial charge in [0.2, 0.25) is 0 Å². The normalized spacial score (nSPS) is 8.81. The highest BCUT2D eigenvalue weighted by atomic mass is 16.5. The quantitative estimate of drug-likeness (QED) is 0.604. The maximum atomic E-state index is 10.6. The van der Waals surface area contributed by atoms with Crippen LogP contribution in [0, 0.1) is 11.8 Å². The Kier molecular flexibility index (Phi) is 4.10. The summed E-state index contributed by atoms with van der Waals surface area (Å²) >= 11 is 0. The fourth-order valence-electron chi connectivity index (χ4n) is 1.27. The molecule has 1 aromatic rings. The molecular formula is C12H10O4. The highest BCUT2D eigenvalue weighted by molar-refractivity contribution is 5.74. The molecule has 0 aromatic heterocycles. The molecule has 0 saturated carbocycles. The molecule has 1 N–H and O–H groups in total. The first-order valence-electron chi connectivity index (χ1n) is 4.51. The topological polar surface area (TPSA) is 63.6 Å². The number of ether oxygens (including phenoxy) is 1. The summed E-state index contributed by atoms with van der Waals surface area (Å²) < 4.78 is 5.02. The Balaban J connectivity index is 3.10. The van der Waals surface area contributed by atoms with E-state index >= 15 is 0 Å². The molecule has 0 saturated heterocycles. The van der Waals surface area contributed by atoms with Gasteiger partial charge in [-0.1, -0.05) is 5.92 Å². The van der Waals surface area contributed by atoms with Crippen molar-refractivity contribution < 1.29 is 19.4 Å². The molecule has 4 heteroatoms. The SMILES string of the molecule is COc1ccc(C#CC=O)cc1CC(=O)O. The molecule has 0 aliphatic rings. The van der Waals surface area contributed by atoms with Crippen molar-refractivity contribution >= 4 is 12.3 Å². The van der Waals surface area contributed by atoms with Crippen molar-refractivity contribution in [2.24, 2.45) is 0 Å². The molecule has 0 fully saturated rings. The standard InChI is InChI=1S/C12H10O4/c1-16-11-5-4-9(3-2-6-13)7-10(11)8-12(14)15/h4-7H,8H2,1H3,(H,14,15). The number of benzene rings is 1. The van der Waals surface area contributed by atoms with Gasteiger partial charge in [-0.05, 0) is 24.1 Å². The van der Waals surface area contributed by atoms with Crippen LogP contribution in [0.3, 0.4) is 0 Å². The van der Waals surface area contributed by atoms with Gasteiger partial charge in [0.1, 0.15) is 5.75 Å². The molecule has 0 radical (unpaired) electrons. The Morgan fingerprint density at radius 1 is 1.56 bits per heavy atom. The molecular weight excluding hydrogens is 208 g/mol. The summed E-state index contributed by atoms with van der Waals surface area (Å²) in [6.45, 7) is 0. The number of hydrogen-bond acceptors (Lipinski definition) is 3. The summed E-state index contributed by atoms with van der Waals surface area (Å²) in [4.78, 5) is 20.7. The Labute approximate surface area is 92.9 Å². The van der Waals surface area contributed by atoms with Crippen LogP contribution in [0.25, 0.3) is 0 Å². The van der Waals surface area contributed by atoms with Gasteiger partial charge < -0.3 is 9.84 Å². The van der Waals surface area contributed by atoms with E-state index in [1.807, 2.05) is 0 Å². The van der Waals surface area contributed by atoms with Gasteiger partial charge in [0.15, 0.2) is 6.29 Å². The maximum Gasteiger partial charge on any atom is 0.307 e. The van der Waals surface area contributed by atoms with Crippen molar-refractivity contribution in [2.75, 3.05) is 7.11 Å². The third-order valence-corrected chi connectivity index (χ3v) is 1.90. The van der Waals surface area contributed by atoms with Gasteiger partial charge >= 0.3 is 5.97 Å². The third-order valence-electron chi connectivity index (χ3n) is 1.90. The fraction of sp³-hybridized carbons (Fsp3) is 0.167. The Hall–Kier alpha value is -2.28. The Morgan fingerprint density at radius 2 is 2.31 bits per heavy atom. The number of carboxylic acids is 1. The van der Waals surface area contributed by atoms with E-state index in [1.165, 1.54) is 7.11 Å². The molecule has 4 nitrogen and oxygen atoms in total. The molecule has 0 bridgehead atoms. The number of carboxylic acid groups (broad SMARTS) is 1. The van der Waals surface area contributed by atoms with Crippen molar-refractivity contribution in [1.29, 1.82) is 0 Å².